The smallest absolute Gasteiger partial charge is 0.0811 e. The molecule has 0 saturated heterocycles. The maximum Gasteiger partial charge on any atom is 0.0811 e. The van der Waals surface area contributed by atoms with Gasteiger partial charge in [-0.1, -0.05) is 36.4 Å². The molecule has 5 atom stereocenters. The molecular weight excluding hydrogens is 314 g/mol. The summed E-state index contributed by atoms with van der Waals surface area (Å²) in [6.07, 6.45) is 9.75. The highest BCUT2D eigenvalue weighted by Crippen LogP contribution is 2.57. The van der Waals surface area contributed by atoms with Gasteiger partial charge in [-0.3, -0.25) is 0 Å². The normalized spacial score (nSPS) is 42.9. The highest BCUT2D eigenvalue weighted by atomic mass is 16.4. The van der Waals surface area contributed by atoms with Gasteiger partial charge in [0.1, 0.15) is 0 Å². The van der Waals surface area contributed by atoms with Crippen LogP contribution in [0, 0.1) is 17.3 Å². The molecule has 3 saturated carbocycles. The van der Waals surface area contributed by atoms with E-state index in [4.69, 9.17) is 0 Å². The van der Waals surface area contributed by atoms with Gasteiger partial charge in [0, 0.05) is 12.3 Å². The minimum atomic E-state index is -0.635. The molecule has 0 spiro atoms. The van der Waals surface area contributed by atoms with Gasteiger partial charge in [0.15, 0.2) is 0 Å². The van der Waals surface area contributed by atoms with E-state index in [1.807, 2.05) is 6.92 Å². The van der Waals surface area contributed by atoms with Gasteiger partial charge in [-0.25, -0.2) is 0 Å². The molecule has 3 rings (SSSR count). The molecule has 3 aliphatic carbocycles. The first-order valence-corrected chi connectivity index (χ1v) is 9.50. The number of hydrogen-bond acceptors (Lipinski definition) is 4. The SMILES string of the molecule is C=C1C(=CC=C2CCC[C@]3(C)[C@@H](C(C)=NO)CC[C@@H]23)C[C@@H](O)C[C@@H]1O. The summed E-state index contributed by atoms with van der Waals surface area (Å²) in [4.78, 5) is 0. The van der Waals surface area contributed by atoms with Crippen molar-refractivity contribution in [1.29, 1.82) is 0 Å². The summed E-state index contributed by atoms with van der Waals surface area (Å²) >= 11 is 0. The van der Waals surface area contributed by atoms with Gasteiger partial charge in [-0.2, -0.15) is 0 Å². The van der Waals surface area contributed by atoms with Crippen LogP contribution in [0.1, 0.15) is 58.8 Å². The number of rotatable bonds is 2. The summed E-state index contributed by atoms with van der Waals surface area (Å²) in [6.45, 7) is 8.28. The molecule has 3 aliphatic rings. The zero-order valence-corrected chi connectivity index (χ0v) is 15.4. The fourth-order valence-corrected chi connectivity index (χ4v) is 5.46. The first kappa shape index (κ1) is 18.4. The van der Waals surface area contributed by atoms with E-state index < -0.39 is 12.2 Å². The van der Waals surface area contributed by atoms with E-state index in [0.29, 0.717) is 24.7 Å². The molecule has 25 heavy (non-hydrogen) atoms. The third kappa shape index (κ3) is 3.34. The largest absolute Gasteiger partial charge is 0.411 e. The highest BCUT2D eigenvalue weighted by molar-refractivity contribution is 5.85. The third-order valence-corrected chi connectivity index (χ3v) is 6.89. The number of nitrogens with zero attached hydrogens (tertiary/aromatic N) is 1. The van der Waals surface area contributed by atoms with Crippen molar-refractivity contribution in [3.8, 4) is 0 Å². The van der Waals surface area contributed by atoms with Crippen LogP contribution in [-0.2, 0) is 0 Å². The highest BCUT2D eigenvalue weighted by Gasteiger charge is 2.50. The predicted molar refractivity (Wildman–Crippen MR) is 99.6 cm³/mol. The van der Waals surface area contributed by atoms with E-state index in [1.54, 1.807) is 0 Å². The van der Waals surface area contributed by atoms with Crippen LogP contribution < -0.4 is 0 Å². The molecule has 0 aliphatic heterocycles. The minimum Gasteiger partial charge on any atom is -0.411 e. The Labute approximate surface area is 150 Å². The maximum atomic E-state index is 10.0. The van der Waals surface area contributed by atoms with Gasteiger partial charge in [-0.15, -0.1) is 0 Å². The molecule has 0 unspecified atom stereocenters. The predicted octanol–water partition coefficient (Wildman–Crippen LogP) is 3.98. The van der Waals surface area contributed by atoms with Crippen molar-refractivity contribution in [3.05, 3.63) is 35.5 Å². The van der Waals surface area contributed by atoms with Crippen molar-refractivity contribution in [2.75, 3.05) is 0 Å². The Morgan fingerprint density at radius 2 is 2.04 bits per heavy atom. The number of allylic oxidation sites excluding steroid dienone is 3. The topological polar surface area (TPSA) is 73.1 Å². The van der Waals surface area contributed by atoms with Gasteiger partial charge < -0.3 is 15.4 Å². The van der Waals surface area contributed by atoms with E-state index in [-0.39, 0.29) is 5.41 Å². The molecule has 0 heterocycles. The van der Waals surface area contributed by atoms with E-state index in [2.05, 4.69) is 30.8 Å². The van der Waals surface area contributed by atoms with Crippen molar-refractivity contribution >= 4 is 5.71 Å². The Hall–Kier alpha value is -1.39. The Kier molecular flexibility index (Phi) is 5.21. The molecule has 0 amide bonds. The molecule has 0 aromatic carbocycles. The molecule has 4 nitrogen and oxygen atoms in total. The monoisotopic (exact) mass is 345 g/mol. The number of fused-ring (bicyclic) bond motifs is 1. The van der Waals surface area contributed by atoms with Gasteiger partial charge in [0.2, 0.25) is 0 Å². The van der Waals surface area contributed by atoms with Crippen LogP contribution >= 0.6 is 0 Å². The summed E-state index contributed by atoms with van der Waals surface area (Å²) in [5, 5.41) is 32.7. The number of aliphatic hydroxyl groups is 2. The van der Waals surface area contributed by atoms with Crippen LogP contribution in [0.25, 0.3) is 0 Å². The van der Waals surface area contributed by atoms with E-state index >= 15 is 0 Å². The van der Waals surface area contributed by atoms with Crippen LogP contribution in [0.3, 0.4) is 0 Å². The standard InChI is InChI=1S/C21H31NO3/c1-13-16(11-17(23)12-20(13)24)7-6-15-5-4-10-21(3)18(14(2)22-25)8-9-19(15)21/h6-7,17-20,23-25H,1,4-5,8-12H2,2-3H3/t17-,18-,19+,20+,21-/m1/s1. The minimum absolute atomic E-state index is 0.168. The van der Waals surface area contributed by atoms with Crippen molar-refractivity contribution in [2.24, 2.45) is 22.4 Å². The molecular formula is C21H31NO3. The third-order valence-electron chi connectivity index (χ3n) is 6.89. The Morgan fingerprint density at radius 3 is 2.76 bits per heavy atom. The number of hydrogen-bond donors (Lipinski definition) is 3. The van der Waals surface area contributed by atoms with E-state index in [9.17, 15) is 15.4 Å². The fraction of sp³-hybridized carbons (Fsp3) is 0.667. The van der Waals surface area contributed by atoms with Crippen molar-refractivity contribution in [3.63, 3.8) is 0 Å². The summed E-state index contributed by atoms with van der Waals surface area (Å²) in [7, 11) is 0. The lowest BCUT2D eigenvalue weighted by atomic mass is 9.62. The van der Waals surface area contributed by atoms with Gasteiger partial charge >= 0.3 is 0 Å². The van der Waals surface area contributed by atoms with E-state index in [1.165, 1.54) is 12.0 Å². The van der Waals surface area contributed by atoms with E-state index in [0.717, 1.165) is 42.5 Å². The van der Waals surface area contributed by atoms with Crippen LogP contribution in [0.15, 0.2) is 40.6 Å². The van der Waals surface area contributed by atoms with Gasteiger partial charge in [0.25, 0.3) is 0 Å². The zero-order valence-electron chi connectivity index (χ0n) is 15.4. The number of aliphatic hydroxyl groups excluding tert-OH is 2. The molecule has 4 heteroatoms. The molecule has 0 bridgehead atoms. The summed E-state index contributed by atoms with van der Waals surface area (Å²) in [5.74, 6) is 0.874. The van der Waals surface area contributed by atoms with Crippen LogP contribution in [0.5, 0.6) is 0 Å². The van der Waals surface area contributed by atoms with Crippen molar-refractivity contribution in [1.82, 2.24) is 0 Å². The summed E-state index contributed by atoms with van der Waals surface area (Å²) in [5.41, 5.74) is 4.19. The quantitative estimate of drug-likeness (QED) is 0.403. The Morgan fingerprint density at radius 1 is 1.28 bits per heavy atom. The summed E-state index contributed by atoms with van der Waals surface area (Å²) < 4.78 is 0. The second-order valence-electron chi connectivity index (χ2n) is 8.35. The van der Waals surface area contributed by atoms with Gasteiger partial charge in [-0.05, 0) is 67.9 Å². The summed E-state index contributed by atoms with van der Waals surface area (Å²) in [6, 6.07) is 0. The molecule has 0 aromatic rings. The first-order chi connectivity index (χ1) is 11.9. The zero-order chi connectivity index (χ0) is 18.2. The molecule has 3 fully saturated rings. The fourth-order valence-electron chi connectivity index (χ4n) is 5.46. The maximum absolute atomic E-state index is 10.0. The van der Waals surface area contributed by atoms with Crippen molar-refractivity contribution < 1.29 is 15.4 Å². The van der Waals surface area contributed by atoms with Gasteiger partial charge in [0.05, 0.1) is 17.9 Å². The lowest BCUT2D eigenvalue weighted by Crippen LogP contribution is -2.36. The Bertz CT molecular complexity index is 633. The Balaban J connectivity index is 1.84. The van der Waals surface area contributed by atoms with Crippen molar-refractivity contribution in [2.45, 2.75) is 71.0 Å². The molecule has 3 N–H and O–H groups in total. The lowest BCUT2D eigenvalue weighted by Gasteiger charge is -2.42. The number of oxime groups is 1. The molecule has 0 radical (unpaired) electrons. The van der Waals surface area contributed by atoms with Crippen LogP contribution in [0.2, 0.25) is 0 Å². The molecule has 0 aromatic heterocycles. The lowest BCUT2D eigenvalue weighted by molar-refractivity contribution is 0.0862. The second-order valence-corrected chi connectivity index (χ2v) is 8.35. The second kappa shape index (κ2) is 7.08. The van der Waals surface area contributed by atoms with Crippen LogP contribution in [-0.4, -0.2) is 33.3 Å². The average molecular weight is 345 g/mol. The van der Waals surface area contributed by atoms with Crippen LogP contribution in [0.4, 0.5) is 0 Å². The molecule has 138 valence electrons. The average Bonchev–Trinajstić information content (AvgIpc) is 2.93. The first-order valence-electron chi connectivity index (χ1n) is 9.50.